The number of nitrogens with two attached hydrogens (primary N) is 1. The zero-order chi connectivity index (χ0) is 11.8. The SMILES string of the molecule is CC(CN)N1CCN(CCOCCO)CC1. The van der Waals surface area contributed by atoms with E-state index in [1.807, 2.05) is 0 Å². The quantitative estimate of drug-likeness (QED) is 0.548. The Bertz CT molecular complexity index is 173. The van der Waals surface area contributed by atoms with Crippen LogP contribution >= 0.6 is 0 Å². The zero-order valence-corrected chi connectivity index (χ0v) is 10.3. The highest BCUT2D eigenvalue weighted by Crippen LogP contribution is 2.05. The minimum atomic E-state index is 0.113. The van der Waals surface area contributed by atoms with Gasteiger partial charge >= 0.3 is 0 Å². The van der Waals surface area contributed by atoms with Crippen molar-refractivity contribution in [3.63, 3.8) is 0 Å². The van der Waals surface area contributed by atoms with Crippen molar-refractivity contribution in [2.45, 2.75) is 13.0 Å². The van der Waals surface area contributed by atoms with Gasteiger partial charge in [0.15, 0.2) is 0 Å². The zero-order valence-electron chi connectivity index (χ0n) is 10.3. The van der Waals surface area contributed by atoms with Crippen molar-refractivity contribution in [1.82, 2.24) is 9.80 Å². The number of rotatable bonds is 7. The van der Waals surface area contributed by atoms with Crippen LogP contribution < -0.4 is 5.73 Å². The van der Waals surface area contributed by atoms with Crippen LogP contribution in [0.2, 0.25) is 0 Å². The standard InChI is InChI=1S/C11H25N3O2/c1-11(10-12)14-4-2-13(3-5-14)6-8-16-9-7-15/h11,15H,2-10,12H2,1H3. The molecule has 5 nitrogen and oxygen atoms in total. The molecular weight excluding hydrogens is 206 g/mol. The van der Waals surface area contributed by atoms with Crippen molar-refractivity contribution in [1.29, 1.82) is 0 Å². The molecule has 1 rings (SSSR count). The Kier molecular flexibility index (Phi) is 6.91. The molecule has 3 N–H and O–H groups in total. The molecule has 0 spiro atoms. The van der Waals surface area contributed by atoms with Gasteiger partial charge < -0.3 is 15.6 Å². The molecule has 0 aromatic heterocycles. The number of piperazine rings is 1. The third kappa shape index (κ3) is 4.76. The number of hydrogen-bond acceptors (Lipinski definition) is 5. The third-order valence-corrected chi connectivity index (χ3v) is 3.16. The largest absolute Gasteiger partial charge is 0.394 e. The Morgan fingerprint density at radius 3 is 2.50 bits per heavy atom. The summed E-state index contributed by atoms with van der Waals surface area (Å²) in [7, 11) is 0. The summed E-state index contributed by atoms with van der Waals surface area (Å²) in [6.45, 7) is 9.53. The fourth-order valence-electron chi connectivity index (χ4n) is 1.94. The van der Waals surface area contributed by atoms with Gasteiger partial charge in [-0.15, -0.1) is 0 Å². The average molecular weight is 231 g/mol. The van der Waals surface area contributed by atoms with Crippen molar-refractivity contribution in [2.75, 3.05) is 59.1 Å². The first-order valence-corrected chi connectivity index (χ1v) is 6.13. The smallest absolute Gasteiger partial charge is 0.0698 e. The van der Waals surface area contributed by atoms with Gasteiger partial charge in [-0.05, 0) is 6.92 Å². The van der Waals surface area contributed by atoms with Crippen LogP contribution in [0.25, 0.3) is 0 Å². The first-order chi connectivity index (χ1) is 7.77. The maximum Gasteiger partial charge on any atom is 0.0698 e. The lowest BCUT2D eigenvalue weighted by atomic mass is 10.2. The lowest BCUT2D eigenvalue weighted by molar-refractivity contribution is 0.0512. The molecule has 1 aliphatic heterocycles. The molecule has 1 fully saturated rings. The first kappa shape index (κ1) is 13.9. The Labute approximate surface area is 98.2 Å². The van der Waals surface area contributed by atoms with Crippen LogP contribution in [0.3, 0.4) is 0 Å². The van der Waals surface area contributed by atoms with Gasteiger partial charge in [-0.3, -0.25) is 9.80 Å². The molecule has 0 amide bonds. The number of ether oxygens (including phenoxy) is 1. The first-order valence-electron chi connectivity index (χ1n) is 6.13. The minimum Gasteiger partial charge on any atom is -0.394 e. The van der Waals surface area contributed by atoms with E-state index < -0.39 is 0 Å². The maximum atomic E-state index is 8.57. The molecule has 96 valence electrons. The van der Waals surface area contributed by atoms with E-state index in [2.05, 4.69) is 16.7 Å². The van der Waals surface area contributed by atoms with Crippen molar-refractivity contribution in [3.8, 4) is 0 Å². The summed E-state index contributed by atoms with van der Waals surface area (Å²) in [6.07, 6.45) is 0. The maximum absolute atomic E-state index is 8.57. The second-order valence-corrected chi connectivity index (χ2v) is 4.30. The summed E-state index contributed by atoms with van der Waals surface area (Å²) in [6, 6.07) is 0.493. The van der Waals surface area contributed by atoms with Crippen LogP contribution in [-0.2, 0) is 4.74 Å². The molecule has 1 atom stereocenters. The lowest BCUT2D eigenvalue weighted by Crippen LogP contribution is -2.51. The van der Waals surface area contributed by atoms with Gasteiger partial charge in [0.2, 0.25) is 0 Å². The number of nitrogens with zero attached hydrogens (tertiary/aromatic N) is 2. The number of aliphatic hydroxyl groups excluding tert-OH is 1. The summed E-state index contributed by atoms with van der Waals surface area (Å²) in [5.41, 5.74) is 5.65. The van der Waals surface area contributed by atoms with E-state index in [4.69, 9.17) is 15.6 Å². The summed E-state index contributed by atoms with van der Waals surface area (Å²) in [4.78, 5) is 4.84. The highest BCUT2D eigenvalue weighted by atomic mass is 16.5. The fourth-order valence-corrected chi connectivity index (χ4v) is 1.94. The Hall–Kier alpha value is -0.200. The van der Waals surface area contributed by atoms with Gasteiger partial charge in [-0.2, -0.15) is 0 Å². The van der Waals surface area contributed by atoms with Gasteiger partial charge in [-0.25, -0.2) is 0 Å². The molecule has 0 radical (unpaired) electrons. The number of hydrogen-bond donors (Lipinski definition) is 2. The van der Waals surface area contributed by atoms with Crippen LogP contribution in [0.1, 0.15) is 6.92 Å². The highest BCUT2D eigenvalue weighted by molar-refractivity contribution is 4.76. The molecule has 1 heterocycles. The molecule has 1 unspecified atom stereocenters. The van der Waals surface area contributed by atoms with Gasteiger partial charge in [0.25, 0.3) is 0 Å². The molecular formula is C11H25N3O2. The minimum absolute atomic E-state index is 0.113. The molecule has 1 saturated heterocycles. The Balaban J connectivity index is 2.07. The van der Waals surface area contributed by atoms with E-state index in [9.17, 15) is 0 Å². The second-order valence-electron chi connectivity index (χ2n) is 4.30. The van der Waals surface area contributed by atoms with Crippen molar-refractivity contribution >= 4 is 0 Å². The van der Waals surface area contributed by atoms with Gasteiger partial charge in [0.1, 0.15) is 0 Å². The van der Waals surface area contributed by atoms with Crippen molar-refractivity contribution in [3.05, 3.63) is 0 Å². The van der Waals surface area contributed by atoms with E-state index in [1.165, 1.54) is 0 Å². The number of aliphatic hydroxyl groups is 1. The summed E-state index contributed by atoms with van der Waals surface area (Å²) in [5.74, 6) is 0. The van der Waals surface area contributed by atoms with Crippen molar-refractivity contribution in [2.24, 2.45) is 5.73 Å². The van der Waals surface area contributed by atoms with Gasteiger partial charge in [0.05, 0.1) is 19.8 Å². The molecule has 0 aliphatic carbocycles. The van der Waals surface area contributed by atoms with Gasteiger partial charge in [0, 0.05) is 45.3 Å². The molecule has 1 aliphatic rings. The molecule has 0 aromatic rings. The molecule has 5 heteroatoms. The highest BCUT2D eigenvalue weighted by Gasteiger charge is 2.19. The van der Waals surface area contributed by atoms with E-state index >= 15 is 0 Å². The Morgan fingerprint density at radius 2 is 1.94 bits per heavy atom. The third-order valence-electron chi connectivity index (χ3n) is 3.16. The molecule has 0 bridgehead atoms. The Morgan fingerprint density at radius 1 is 1.25 bits per heavy atom. The predicted molar refractivity (Wildman–Crippen MR) is 64.4 cm³/mol. The van der Waals surface area contributed by atoms with Crippen molar-refractivity contribution < 1.29 is 9.84 Å². The van der Waals surface area contributed by atoms with Crippen LogP contribution in [0.5, 0.6) is 0 Å². The fraction of sp³-hybridized carbons (Fsp3) is 1.00. The summed E-state index contributed by atoms with van der Waals surface area (Å²) < 4.78 is 5.26. The predicted octanol–water partition coefficient (Wildman–Crippen LogP) is -1.04. The second kappa shape index (κ2) is 7.97. The van der Waals surface area contributed by atoms with E-state index in [-0.39, 0.29) is 6.61 Å². The summed E-state index contributed by atoms with van der Waals surface area (Å²) in [5, 5.41) is 8.57. The molecule has 0 saturated carbocycles. The van der Waals surface area contributed by atoms with Crippen LogP contribution in [0.15, 0.2) is 0 Å². The lowest BCUT2D eigenvalue weighted by Gasteiger charge is -2.37. The van der Waals surface area contributed by atoms with E-state index in [1.54, 1.807) is 0 Å². The van der Waals surface area contributed by atoms with E-state index in [0.717, 1.165) is 39.3 Å². The van der Waals surface area contributed by atoms with E-state index in [0.29, 0.717) is 19.3 Å². The molecule has 0 aromatic carbocycles. The average Bonchev–Trinajstić information content (AvgIpc) is 2.34. The van der Waals surface area contributed by atoms with Crippen LogP contribution in [0.4, 0.5) is 0 Å². The molecule has 16 heavy (non-hydrogen) atoms. The van der Waals surface area contributed by atoms with Crippen LogP contribution in [-0.4, -0.2) is 80.0 Å². The van der Waals surface area contributed by atoms with Crippen LogP contribution in [0, 0.1) is 0 Å². The normalized spacial score (nSPS) is 21.2. The monoisotopic (exact) mass is 231 g/mol. The van der Waals surface area contributed by atoms with Gasteiger partial charge in [-0.1, -0.05) is 0 Å². The topological polar surface area (TPSA) is 62.0 Å². The summed E-state index contributed by atoms with van der Waals surface area (Å²) >= 11 is 0.